The van der Waals surface area contributed by atoms with E-state index >= 15 is 0 Å². The van der Waals surface area contributed by atoms with Crippen molar-refractivity contribution in [1.82, 2.24) is 0 Å². The summed E-state index contributed by atoms with van der Waals surface area (Å²) in [5.74, 6) is -0.449. The van der Waals surface area contributed by atoms with Crippen LogP contribution in [0.25, 0.3) is 0 Å². The molecule has 13 heavy (non-hydrogen) atoms. The first kappa shape index (κ1) is 9.80. The number of hydrogen-bond acceptors (Lipinski definition) is 3. The molecule has 0 saturated carbocycles. The number of benzene rings is 1. The van der Waals surface area contributed by atoms with Crippen molar-refractivity contribution in [3.8, 4) is 0 Å². The lowest BCUT2D eigenvalue weighted by atomic mass is 10.2. The summed E-state index contributed by atoms with van der Waals surface area (Å²) in [4.78, 5) is 0. The molecule has 1 aromatic rings. The van der Waals surface area contributed by atoms with Gasteiger partial charge in [-0.15, -0.1) is 0 Å². The van der Waals surface area contributed by atoms with Gasteiger partial charge in [-0.2, -0.15) is 0 Å². The molecular formula is C9H13FN2O. The Hall–Kier alpha value is -1.29. The highest BCUT2D eigenvalue weighted by atomic mass is 19.1. The standard InChI is InChI=1S/C9H13FN2O/c1-6(5-13)12-8-4-2-3-7(10)9(8)11/h2-4,6,12-13H,5,11H2,1H3. The lowest BCUT2D eigenvalue weighted by Crippen LogP contribution is -2.20. The number of aliphatic hydroxyl groups excluding tert-OH is 1. The van der Waals surface area contributed by atoms with Gasteiger partial charge in [0.25, 0.3) is 0 Å². The van der Waals surface area contributed by atoms with Gasteiger partial charge in [0.15, 0.2) is 0 Å². The van der Waals surface area contributed by atoms with Crippen molar-refractivity contribution in [2.75, 3.05) is 17.7 Å². The van der Waals surface area contributed by atoms with Crippen molar-refractivity contribution < 1.29 is 9.50 Å². The molecule has 0 aliphatic rings. The fourth-order valence-corrected chi connectivity index (χ4v) is 0.974. The highest BCUT2D eigenvalue weighted by Gasteiger charge is 2.06. The van der Waals surface area contributed by atoms with Crippen LogP contribution in [0.15, 0.2) is 18.2 Å². The highest BCUT2D eigenvalue weighted by molar-refractivity contribution is 5.66. The van der Waals surface area contributed by atoms with Crippen molar-refractivity contribution >= 4 is 11.4 Å². The van der Waals surface area contributed by atoms with Crippen LogP contribution in [0.1, 0.15) is 6.92 Å². The van der Waals surface area contributed by atoms with Gasteiger partial charge in [-0.05, 0) is 19.1 Å². The summed E-state index contributed by atoms with van der Waals surface area (Å²) in [6.45, 7) is 1.76. The fourth-order valence-electron chi connectivity index (χ4n) is 0.974. The predicted molar refractivity (Wildman–Crippen MR) is 51.0 cm³/mol. The highest BCUT2D eigenvalue weighted by Crippen LogP contribution is 2.21. The smallest absolute Gasteiger partial charge is 0.148 e. The molecule has 3 nitrogen and oxygen atoms in total. The molecule has 72 valence electrons. The van der Waals surface area contributed by atoms with Crippen molar-refractivity contribution in [2.24, 2.45) is 0 Å². The first-order chi connectivity index (χ1) is 6.15. The fraction of sp³-hybridized carbons (Fsp3) is 0.333. The summed E-state index contributed by atoms with van der Waals surface area (Å²) >= 11 is 0. The lowest BCUT2D eigenvalue weighted by molar-refractivity contribution is 0.281. The molecule has 4 heteroatoms. The third-order valence-electron chi connectivity index (χ3n) is 1.73. The van der Waals surface area contributed by atoms with E-state index in [-0.39, 0.29) is 18.3 Å². The van der Waals surface area contributed by atoms with Crippen molar-refractivity contribution in [3.63, 3.8) is 0 Å². The minimum atomic E-state index is -0.449. The average Bonchev–Trinajstić information content (AvgIpc) is 2.13. The maximum Gasteiger partial charge on any atom is 0.148 e. The Morgan fingerprint density at radius 3 is 2.92 bits per heavy atom. The molecule has 0 spiro atoms. The third-order valence-corrected chi connectivity index (χ3v) is 1.73. The average molecular weight is 184 g/mol. The number of nitrogens with one attached hydrogen (secondary N) is 1. The van der Waals surface area contributed by atoms with Gasteiger partial charge in [0.2, 0.25) is 0 Å². The van der Waals surface area contributed by atoms with Crippen molar-refractivity contribution in [3.05, 3.63) is 24.0 Å². The quantitative estimate of drug-likeness (QED) is 0.619. The monoisotopic (exact) mass is 184 g/mol. The first-order valence-electron chi connectivity index (χ1n) is 4.06. The summed E-state index contributed by atoms with van der Waals surface area (Å²) in [6.07, 6.45) is 0. The van der Waals surface area contributed by atoms with Crippen LogP contribution in [0, 0.1) is 5.82 Å². The van der Waals surface area contributed by atoms with Gasteiger partial charge >= 0.3 is 0 Å². The molecular weight excluding hydrogens is 171 g/mol. The van der Waals surface area contributed by atoms with Gasteiger partial charge in [-0.1, -0.05) is 6.07 Å². The molecule has 0 aromatic heterocycles. The van der Waals surface area contributed by atoms with Crippen LogP contribution in [0.3, 0.4) is 0 Å². The van der Waals surface area contributed by atoms with E-state index in [1.165, 1.54) is 6.07 Å². The van der Waals surface area contributed by atoms with E-state index in [1.54, 1.807) is 19.1 Å². The van der Waals surface area contributed by atoms with Gasteiger partial charge < -0.3 is 16.2 Å². The van der Waals surface area contributed by atoms with E-state index in [2.05, 4.69) is 5.32 Å². The molecule has 0 radical (unpaired) electrons. The van der Waals surface area contributed by atoms with Crippen LogP contribution in [0.5, 0.6) is 0 Å². The Morgan fingerprint density at radius 1 is 1.62 bits per heavy atom. The largest absolute Gasteiger partial charge is 0.395 e. The maximum atomic E-state index is 12.9. The number of para-hydroxylation sites is 1. The molecule has 1 unspecified atom stereocenters. The summed E-state index contributed by atoms with van der Waals surface area (Å²) in [5, 5.41) is 11.6. The lowest BCUT2D eigenvalue weighted by Gasteiger charge is -2.14. The maximum absolute atomic E-state index is 12.9. The molecule has 1 rings (SSSR count). The predicted octanol–water partition coefficient (Wildman–Crippen LogP) is 1.20. The summed E-state index contributed by atoms with van der Waals surface area (Å²) in [5.41, 5.74) is 6.07. The van der Waals surface area contributed by atoms with Gasteiger partial charge in [0.05, 0.1) is 18.0 Å². The molecule has 0 amide bonds. The normalized spacial score (nSPS) is 12.5. The minimum Gasteiger partial charge on any atom is -0.395 e. The van der Waals surface area contributed by atoms with E-state index in [4.69, 9.17) is 10.8 Å². The van der Waals surface area contributed by atoms with Crippen molar-refractivity contribution in [2.45, 2.75) is 13.0 Å². The summed E-state index contributed by atoms with van der Waals surface area (Å²) in [6, 6.07) is 4.40. The summed E-state index contributed by atoms with van der Waals surface area (Å²) < 4.78 is 12.9. The van der Waals surface area contributed by atoms with Gasteiger partial charge in [0.1, 0.15) is 5.82 Å². The third kappa shape index (κ3) is 2.32. The number of aliphatic hydroxyl groups is 1. The molecule has 0 aliphatic heterocycles. The van der Waals surface area contributed by atoms with E-state index in [0.717, 1.165) is 0 Å². The van der Waals surface area contributed by atoms with E-state index in [9.17, 15) is 4.39 Å². The first-order valence-corrected chi connectivity index (χ1v) is 4.06. The molecule has 0 aliphatic carbocycles. The van der Waals surface area contributed by atoms with Gasteiger partial charge in [0, 0.05) is 6.04 Å². The molecule has 0 bridgehead atoms. The molecule has 0 fully saturated rings. The Kier molecular flexibility index (Phi) is 3.08. The van der Waals surface area contributed by atoms with E-state index < -0.39 is 5.82 Å². The number of rotatable bonds is 3. The Balaban J connectivity index is 2.83. The second-order valence-electron chi connectivity index (χ2n) is 2.93. The van der Waals surface area contributed by atoms with Crippen LogP contribution in [-0.4, -0.2) is 17.8 Å². The zero-order chi connectivity index (χ0) is 9.84. The zero-order valence-corrected chi connectivity index (χ0v) is 7.42. The minimum absolute atomic E-state index is 0.0179. The second-order valence-corrected chi connectivity index (χ2v) is 2.93. The van der Waals surface area contributed by atoms with Crippen LogP contribution in [-0.2, 0) is 0 Å². The molecule has 0 heterocycles. The SMILES string of the molecule is CC(CO)Nc1cccc(F)c1N. The Labute approximate surface area is 76.4 Å². The molecule has 0 saturated heterocycles. The zero-order valence-electron chi connectivity index (χ0n) is 7.42. The van der Waals surface area contributed by atoms with Gasteiger partial charge in [-0.25, -0.2) is 4.39 Å². The second kappa shape index (κ2) is 4.09. The number of nitrogens with two attached hydrogens (primary N) is 1. The Morgan fingerprint density at radius 2 is 2.31 bits per heavy atom. The van der Waals surface area contributed by atoms with Crippen LogP contribution in [0.2, 0.25) is 0 Å². The molecule has 4 N–H and O–H groups in total. The number of halogens is 1. The molecule has 1 atom stereocenters. The van der Waals surface area contributed by atoms with Crippen LogP contribution in [0.4, 0.5) is 15.8 Å². The van der Waals surface area contributed by atoms with Crippen LogP contribution >= 0.6 is 0 Å². The summed E-state index contributed by atoms with van der Waals surface area (Å²) in [7, 11) is 0. The number of nitrogen functional groups attached to an aromatic ring is 1. The molecule has 1 aromatic carbocycles. The van der Waals surface area contributed by atoms with Crippen LogP contribution < -0.4 is 11.1 Å². The topological polar surface area (TPSA) is 58.3 Å². The number of anilines is 2. The van der Waals surface area contributed by atoms with Crippen molar-refractivity contribution in [1.29, 1.82) is 0 Å². The van der Waals surface area contributed by atoms with Gasteiger partial charge in [-0.3, -0.25) is 0 Å². The van der Waals surface area contributed by atoms with E-state index in [1.807, 2.05) is 0 Å². The van der Waals surface area contributed by atoms with E-state index in [0.29, 0.717) is 5.69 Å². The number of hydrogen-bond donors (Lipinski definition) is 3. The Bertz CT molecular complexity index is 291.